The highest BCUT2D eigenvalue weighted by molar-refractivity contribution is 6.06. The molecule has 2 amide bonds. The van der Waals surface area contributed by atoms with E-state index in [0.717, 1.165) is 5.69 Å². The van der Waals surface area contributed by atoms with Gasteiger partial charge in [0.15, 0.2) is 5.76 Å². The van der Waals surface area contributed by atoms with Crippen LogP contribution in [-0.4, -0.2) is 57.9 Å². The Morgan fingerprint density at radius 1 is 1.11 bits per heavy atom. The second-order valence-corrected chi connectivity index (χ2v) is 7.26. The lowest BCUT2D eigenvalue weighted by Crippen LogP contribution is -2.50. The molecule has 0 saturated carbocycles. The van der Waals surface area contributed by atoms with Crippen LogP contribution in [0.4, 0.5) is 0 Å². The number of hydrogen-bond donors (Lipinski definition) is 0. The molecule has 1 aliphatic heterocycles. The smallest absolute Gasteiger partial charge is 0.289 e. The van der Waals surface area contributed by atoms with Crippen LogP contribution in [0.5, 0.6) is 0 Å². The minimum absolute atomic E-state index is 0.0919. The molecule has 0 bridgehead atoms. The summed E-state index contributed by atoms with van der Waals surface area (Å²) in [4.78, 5) is 33.6. The van der Waals surface area contributed by atoms with E-state index < -0.39 is 0 Å². The molecule has 3 aromatic heterocycles. The van der Waals surface area contributed by atoms with E-state index in [1.54, 1.807) is 28.9 Å². The van der Waals surface area contributed by atoms with Crippen molar-refractivity contribution in [2.45, 2.75) is 26.7 Å². The molecule has 28 heavy (non-hydrogen) atoms. The molecule has 1 saturated heterocycles. The van der Waals surface area contributed by atoms with E-state index in [0.29, 0.717) is 54.3 Å². The van der Waals surface area contributed by atoms with Gasteiger partial charge in [0.25, 0.3) is 17.5 Å². The molecular weight excluding hydrogens is 360 g/mol. The van der Waals surface area contributed by atoms with Crippen molar-refractivity contribution in [1.82, 2.24) is 19.9 Å². The molecule has 0 aliphatic carbocycles. The average molecular weight is 382 g/mol. The first-order valence-electron chi connectivity index (χ1n) is 9.34. The lowest BCUT2D eigenvalue weighted by Gasteiger charge is -2.34. The monoisotopic (exact) mass is 382 g/mol. The molecule has 8 nitrogen and oxygen atoms in total. The maximum Gasteiger partial charge on any atom is 0.289 e. The summed E-state index contributed by atoms with van der Waals surface area (Å²) in [5.41, 5.74) is 2.38. The van der Waals surface area contributed by atoms with Crippen molar-refractivity contribution in [2.24, 2.45) is 0 Å². The predicted molar refractivity (Wildman–Crippen MR) is 101 cm³/mol. The van der Waals surface area contributed by atoms with Gasteiger partial charge in [0.05, 0.1) is 22.9 Å². The van der Waals surface area contributed by atoms with Gasteiger partial charge in [-0.3, -0.25) is 9.59 Å². The lowest BCUT2D eigenvalue weighted by molar-refractivity contribution is 0.0519. The average Bonchev–Trinajstić information content (AvgIpc) is 3.37. The Balaban J connectivity index is 1.56. The fourth-order valence-corrected chi connectivity index (χ4v) is 3.42. The van der Waals surface area contributed by atoms with E-state index >= 15 is 0 Å². The number of hydrogen-bond acceptors (Lipinski definition) is 6. The van der Waals surface area contributed by atoms with Crippen LogP contribution in [0.3, 0.4) is 0 Å². The fourth-order valence-electron chi connectivity index (χ4n) is 3.42. The van der Waals surface area contributed by atoms with E-state index in [4.69, 9.17) is 8.94 Å². The van der Waals surface area contributed by atoms with Gasteiger partial charge in [-0.05, 0) is 31.0 Å². The number of furan rings is 1. The highest BCUT2D eigenvalue weighted by Crippen LogP contribution is 2.26. The summed E-state index contributed by atoms with van der Waals surface area (Å²) in [7, 11) is 0. The van der Waals surface area contributed by atoms with Crippen LogP contribution in [0.2, 0.25) is 0 Å². The SMILES string of the molecule is Cc1noc2nc(C(C)C)cc(C(=O)N3CCN(C(=O)c4ccco4)CC3)c12. The van der Waals surface area contributed by atoms with Crippen LogP contribution in [-0.2, 0) is 0 Å². The van der Waals surface area contributed by atoms with Crippen LogP contribution in [0.15, 0.2) is 33.4 Å². The third-order valence-electron chi connectivity index (χ3n) is 5.04. The van der Waals surface area contributed by atoms with Gasteiger partial charge in [0.1, 0.15) is 0 Å². The Morgan fingerprint density at radius 2 is 1.79 bits per heavy atom. The largest absolute Gasteiger partial charge is 0.459 e. The summed E-state index contributed by atoms with van der Waals surface area (Å²) in [6, 6.07) is 5.17. The summed E-state index contributed by atoms with van der Waals surface area (Å²) in [5.74, 6) is 0.229. The van der Waals surface area contributed by atoms with Crippen LogP contribution >= 0.6 is 0 Å². The zero-order valence-electron chi connectivity index (χ0n) is 16.1. The zero-order valence-corrected chi connectivity index (χ0v) is 16.1. The number of piperazine rings is 1. The summed E-state index contributed by atoms with van der Waals surface area (Å²) in [5, 5.41) is 4.63. The van der Waals surface area contributed by atoms with Crippen molar-refractivity contribution in [1.29, 1.82) is 0 Å². The van der Waals surface area contributed by atoms with E-state index in [1.807, 2.05) is 19.9 Å². The molecular formula is C20H22N4O4. The standard InChI is InChI=1S/C20H22N4O4/c1-12(2)15-11-14(17-13(3)22-28-18(17)21-15)19(25)23-6-8-24(9-7-23)20(26)16-5-4-10-27-16/h4-5,10-12H,6-9H2,1-3H3. The quantitative estimate of drug-likeness (QED) is 0.692. The Bertz CT molecular complexity index is 1010. The maximum absolute atomic E-state index is 13.3. The molecule has 8 heteroatoms. The van der Waals surface area contributed by atoms with Gasteiger partial charge in [-0.25, -0.2) is 4.98 Å². The van der Waals surface area contributed by atoms with Gasteiger partial charge in [-0.15, -0.1) is 0 Å². The Labute approximate surface area is 162 Å². The number of carbonyl (C=O) groups excluding carboxylic acids is 2. The number of aryl methyl sites for hydroxylation is 1. The van der Waals surface area contributed by atoms with Crippen LogP contribution in [0.25, 0.3) is 11.1 Å². The highest BCUT2D eigenvalue weighted by atomic mass is 16.5. The molecule has 4 heterocycles. The summed E-state index contributed by atoms with van der Waals surface area (Å²) >= 11 is 0. The second kappa shape index (κ2) is 7.10. The number of carbonyl (C=O) groups is 2. The number of amides is 2. The lowest BCUT2D eigenvalue weighted by atomic mass is 10.0. The normalized spacial score (nSPS) is 14.9. The number of aromatic nitrogens is 2. The summed E-state index contributed by atoms with van der Waals surface area (Å²) in [6.45, 7) is 7.67. The second-order valence-electron chi connectivity index (χ2n) is 7.26. The third-order valence-corrected chi connectivity index (χ3v) is 5.04. The summed E-state index contributed by atoms with van der Waals surface area (Å²) in [6.07, 6.45) is 1.48. The first-order chi connectivity index (χ1) is 13.5. The van der Waals surface area contributed by atoms with Gasteiger partial charge >= 0.3 is 0 Å². The highest BCUT2D eigenvalue weighted by Gasteiger charge is 2.29. The third kappa shape index (κ3) is 3.15. The van der Waals surface area contributed by atoms with Crippen molar-refractivity contribution in [3.05, 3.63) is 47.2 Å². The van der Waals surface area contributed by atoms with Gasteiger partial charge in [-0.2, -0.15) is 0 Å². The molecule has 0 spiro atoms. The van der Waals surface area contributed by atoms with Gasteiger partial charge in [0.2, 0.25) is 0 Å². The Morgan fingerprint density at radius 3 is 2.39 bits per heavy atom. The predicted octanol–water partition coefficient (Wildman–Crippen LogP) is 2.85. The Kier molecular flexibility index (Phi) is 4.62. The van der Waals surface area contributed by atoms with Crippen molar-refractivity contribution >= 4 is 22.9 Å². The maximum atomic E-state index is 13.3. The number of pyridine rings is 1. The van der Waals surface area contributed by atoms with E-state index in [2.05, 4.69) is 10.1 Å². The van der Waals surface area contributed by atoms with Crippen LogP contribution < -0.4 is 0 Å². The topological polar surface area (TPSA) is 92.7 Å². The van der Waals surface area contributed by atoms with E-state index in [9.17, 15) is 9.59 Å². The van der Waals surface area contributed by atoms with Gasteiger partial charge in [-0.1, -0.05) is 19.0 Å². The molecule has 0 atom stereocenters. The first kappa shape index (κ1) is 18.2. The van der Waals surface area contributed by atoms with Gasteiger partial charge in [0, 0.05) is 31.9 Å². The van der Waals surface area contributed by atoms with Crippen LogP contribution in [0.1, 0.15) is 52.1 Å². The molecule has 0 unspecified atom stereocenters. The molecule has 0 radical (unpaired) electrons. The van der Waals surface area contributed by atoms with E-state index in [-0.39, 0.29) is 17.7 Å². The van der Waals surface area contributed by atoms with Crippen molar-refractivity contribution in [2.75, 3.05) is 26.2 Å². The van der Waals surface area contributed by atoms with E-state index in [1.165, 1.54) is 6.26 Å². The molecule has 146 valence electrons. The zero-order chi connectivity index (χ0) is 19.8. The van der Waals surface area contributed by atoms with Crippen molar-refractivity contribution in [3.63, 3.8) is 0 Å². The molecule has 3 aromatic rings. The molecule has 0 aromatic carbocycles. The number of rotatable bonds is 3. The van der Waals surface area contributed by atoms with Gasteiger partial charge < -0.3 is 18.7 Å². The molecule has 1 aliphatic rings. The Hall–Kier alpha value is -3.16. The number of fused-ring (bicyclic) bond motifs is 1. The minimum Gasteiger partial charge on any atom is -0.459 e. The minimum atomic E-state index is -0.152. The van der Waals surface area contributed by atoms with Crippen molar-refractivity contribution in [3.8, 4) is 0 Å². The molecule has 4 rings (SSSR count). The molecule has 0 N–H and O–H groups in total. The fraction of sp³-hybridized carbons (Fsp3) is 0.400. The molecule has 1 fully saturated rings. The summed E-state index contributed by atoms with van der Waals surface area (Å²) < 4.78 is 10.5. The first-order valence-corrected chi connectivity index (χ1v) is 9.34. The number of nitrogens with zero attached hydrogens (tertiary/aromatic N) is 4. The van der Waals surface area contributed by atoms with Crippen LogP contribution in [0, 0.1) is 6.92 Å². The van der Waals surface area contributed by atoms with Crippen molar-refractivity contribution < 1.29 is 18.5 Å².